The van der Waals surface area contributed by atoms with Gasteiger partial charge < -0.3 is 0 Å². The molecule has 0 radical (unpaired) electrons. The summed E-state index contributed by atoms with van der Waals surface area (Å²) in [5, 5.41) is 4.96. The monoisotopic (exact) mass is 458 g/mol. The van der Waals surface area contributed by atoms with Gasteiger partial charge in [-0.15, -0.1) is 0 Å². The van der Waals surface area contributed by atoms with Gasteiger partial charge in [-0.25, -0.2) is 0 Å². The fourth-order valence-electron chi connectivity index (χ4n) is 4.08. The maximum absolute atomic E-state index is 4.97. The minimum atomic E-state index is -2.23. The SMILES string of the molecule is CCC[CH2][Sn]([CH2]CCC)([CH2]CCC)[c]1cnc(C2CCNCC2)s1. The van der Waals surface area contributed by atoms with Gasteiger partial charge >= 0.3 is 159 Å². The molecule has 1 aromatic heterocycles. The van der Waals surface area contributed by atoms with Crippen LogP contribution < -0.4 is 8.21 Å². The molecule has 0 aliphatic carbocycles. The van der Waals surface area contributed by atoms with Crippen molar-refractivity contribution in [2.24, 2.45) is 0 Å². The van der Waals surface area contributed by atoms with Crippen LogP contribution in [-0.4, -0.2) is 36.5 Å². The summed E-state index contributed by atoms with van der Waals surface area (Å²) >= 11 is -0.0779. The van der Waals surface area contributed by atoms with Crippen molar-refractivity contribution in [1.29, 1.82) is 0 Å². The first-order chi connectivity index (χ1) is 11.8. The van der Waals surface area contributed by atoms with Gasteiger partial charge in [0.15, 0.2) is 0 Å². The summed E-state index contributed by atoms with van der Waals surface area (Å²) in [6.07, 6.45) is 13.4. The molecule has 0 bridgehead atoms. The average Bonchev–Trinajstić information content (AvgIpc) is 3.13. The zero-order valence-electron chi connectivity index (χ0n) is 16.2. The first-order valence-electron chi connectivity index (χ1n) is 10.4. The zero-order chi connectivity index (χ0) is 17.3. The molecular formula is C20H38N2SSn. The third kappa shape index (κ3) is 5.70. The Morgan fingerprint density at radius 3 is 2.04 bits per heavy atom. The second kappa shape index (κ2) is 11.2. The Hall–Kier alpha value is 0.389. The summed E-state index contributed by atoms with van der Waals surface area (Å²) in [5.74, 6) is 0.734. The van der Waals surface area contributed by atoms with E-state index in [1.807, 2.05) is 2.89 Å². The normalized spacial score (nSPS) is 16.6. The second-order valence-corrected chi connectivity index (χ2v) is 22.9. The van der Waals surface area contributed by atoms with Crippen LogP contribution in [0.4, 0.5) is 0 Å². The Kier molecular flexibility index (Phi) is 9.64. The van der Waals surface area contributed by atoms with Crippen molar-refractivity contribution in [3.63, 3.8) is 0 Å². The van der Waals surface area contributed by atoms with Crippen LogP contribution in [0.25, 0.3) is 0 Å². The second-order valence-electron chi connectivity index (χ2n) is 7.68. The van der Waals surface area contributed by atoms with Gasteiger partial charge in [0, 0.05) is 0 Å². The number of rotatable bonds is 11. The van der Waals surface area contributed by atoms with Gasteiger partial charge in [-0.2, -0.15) is 0 Å². The molecule has 138 valence electrons. The standard InChI is InChI=1S/C8H11N2S.3C4H9.Sn/c1-3-9-4-2-7(1)8-10-5-6-11-8;3*1-3-4-2;/h5,7,9H,1-4H2;3*1,3-4H2,2H3;. The van der Waals surface area contributed by atoms with Crippen molar-refractivity contribution in [3.8, 4) is 0 Å². The quantitative estimate of drug-likeness (QED) is 0.434. The molecule has 0 amide bonds. The molecule has 1 saturated heterocycles. The van der Waals surface area contributed by atoms with E-state index in [0.29, 0.717) is 0 Å². The maximum atomic E-state index is 4.97. The number of unbranched alkanes of at least 4 members (excludes halogenated alkanes) is 3. The summed E-state index contributed by atoms with van der Waals surface area (Å²) < 4.78 is 6.52. The van der Waals surface area contributed by atoms with Gasteiger partial charge in [0.05, 0.1) is 0 Å². The molecule has 2 rings (SSSR count). The molecule has 1 aliphatic rings. The Bertz CT molecular complexity index is 432. The van der Waals surface area contributed by atoms with Gasteiger partial charge in [-0.3, -0.25) is 0 Å². The molecule has 2 heterocycles. The van der Waals surface area contributed by atoms with E-state index in [9.17, 15) is 0 Å². The zero-order valence-corrected chi connectivity index (χ0v) is 19.9. The third-order valence-electron chi connectivity index (χ3n) is 5.76. The van der Waals surface area contributed by atoms with Crippen LogP contribution in [0, 0.1) is 0 Å². The number of nitrogens with zero attached hydrogens (tertiary/aromatic N) is 1. The summed E-state index contributed by atoms with van der Waals surface area (Å²) in [6.45, 7) is 9.45. The predicted molar refractivity (Wildman–Crippen MR) is 111 cm³/mol. The van der Waals surface area contributed by atoms with E-state index in [-0.39, 0.29) is 0 Å². The number of hydrogen-bond acceptors (Lipinski definition) is 3. The molecule has 2 nitrogen and oxygen atoms in total. The van der Waals surface area contributed by atoms with Crippen molar-refractivity contribution in [2.75, 3.05) is 13.1 Å². The molecular weight excluding hydrogens is 419 g/mol. The van der Waals surface area contributed by atoms with Crippen LogP contribution in [0.3, 0.4) is 0 Å². The van der Waals surface area contributed by atoms with Gasteiger partial charge in [0.1, 0.15) is 0 Å². The number of piperidine rings is 1. The fourth-order valence-corrected chi connectivity index (χ4v) is 24.0. The number of thiazole rings is 1. The molecule has 0 atom stereocenters. The molecule has 1 aliphatic heterocycles. The van der Waals surface area contributed by atoms with Crippen LogP contribution in [-0.2, 0) is 0 Å². The van der Waals surface area contributed by atoms with Crippen molar-refractivity contribution in [3.05, 3.63) is 11.2 Å². The van der Waals surface area contributed by atoms with Gasteiger partial charge in [0.2, 0.25) is 0 Å². The number of aromatic nitrogens is 1. The van der Waals surface area contributed by atoms with Crippen LogP contribution in [0.5, 0.6) is 0 Å². The third-order valence-corrected chi connectivity index (χ3v) is 25.1. The first kappa shape index (κ1) is 20.7. The summed E-state index contributed by atoms with van der Waals surface area (Å²) in [7, 11) is 0. The molecule has 0 aromatic carbocycles. The molecule has 1 N–H and O–H groups in total. The molecule has 0 spiro atoms. The minimum absolute atomic E-state index is 0.734. The van der Waals surface area contributed by atoms with Crippen LogP contribution in [0.15, 0.2) is 6.20 Å². The van der Waals surface area contributed by atoms with Crippen LogP contribution in [0.1, 0.15) is 83.1 Å². The predicted octanol–water partition coefficient (Wildman–Crippen LogP) is 5.67. The summed E-state index contributed by atoms with van der Waals surface area (Å²) in [6, 6.07) is 0. The Morgan fingerprint density at radius 2 is 1.54 bits per heavy atom. The Morgan fingerprint density at radius 1 is 1.00 bits per heavy atom. The van der Waals surface area contributed by atoms with Crippen molar-refractivity contribution >= 4 is 32.6 Å². The van der Waals surface area contributed by atoms with E-state index in [4.69, 9.17) is 4.98 Å². The van der Waals surface area contributed by atoms with E-state index in [2.05, 4.69) is 43.6 Å². The molecule has 4 heteroatoms. The van der Waals surface area contributed by atoms with E-state index >= 15 is 0 Å². The van der Waals surface area contributed by atoms with Gasteiger partial charge in [-0.1, -0.05) is 0 Å². The summed E-state index contributed by atoms with van der Waals surface area (Å²) in [4.78, 5) is 4.97. The Labute approximate surface area is 158 Å². The Balaban J connectivity index is 2.20. The summed E-state index contributed by atoms with van der Waals surface area (Å²) in [5.41, 5.74) is 0. The number of nitrogens with one attached hydrogen (secondary N) is 1. The molecule has 24 heavy (non-hydrogen) atoms. The molecule has 0 saturated carbocycles. The van der Waals surface area contributed by atoms with E-state index in [1.54, 1.807) is 13.3 Å². The number of hydrogen-bond donors (Lipinski definition) is 1. The van der Waals surface area contributed by atoms with Crippen molar-refractivity contribution in [2.45, 2.75) is 91.4 Å². The van der Waals surface area contributed by atoms with Crippen LogP contribution in [0.2, 0.25) is 13.3 Å². The van der Waals surface area contributed by atoms with E-state index in [1.165, 1.54) is 69.5 Å². The van der Waals surface area contributed by atoms with Gasteiger partial charge in [0.25, 0.3) is 0 Å². The van der Waals surface area contributed by atoms with Crippen LogP contribution >= 0.6 is 11.3 Å². The van der Waals surface area contributed by atoms with E-state index < -0.39 is 18.4 Å². The van der Waals surface area contributed by atoms with Crippen molar-refractivity contribution < 1.29 is 0 Å². The van der Waals surface area contributed by atoms with Gasteiger partial charge in [-0.05, 0) is 0 Å². The first-order valence-corrected chi connectivity index (χ1v) is 18.7. The molecule has 0 unspecified atom stereocenters. The van der Waals surface area contributed by atoms with Crippen molar-refractivity contribution in [1.82, 2.24) is 10.3 Å². The average molecular weight is 457 g/mol. The molecule has 1 aromatic rings. The fraction of sp³-hybridized carbons (Fsp3) is 0.850. The topological polar surface area (TPSA) is 24.9 Å². The van der Waals surface area contributed by atoms with E-state index in [0.717, 1.165) is 5.92 Å². The molecule has 1 fully saturated rings.